The van der Waals surface area contributed by atoms with Gasteiger partial charge in [-0.05, 0) is 38.1 Å². The van der Waals surface area contributed by atoms with Gasteiger partial charge in [-0.3, -0.25) is 15.5 Å². The molecule has 0 amide bonds. The van der Waals surface area contributed by atoms with E-state index in [4.69, 9.17) is 0 Å². The fourth-order valence-electron chi connectivity index (χ4n) is 2.65. The predicted octanol–water partition coefficient (Wildman–Crippen LogP) is 3.98. The third kappa shape index (κ3) is 3.44. The maximum absolute atomic E-state index is 14.1. The summed E-state index contributed by atoms with van der Waals surface area (Å²) in [5.41, 5.74) is 5.65. The summed E-state index contributed by atoms with van der Waals surface area (Å²) in [7, 11) is 0. The van der Waals surface area contributed by atoms with Crippen LogP contribution in [-0.4, -0.2) is 20.7 Å². The minimum atomic E-state index is -0.516. The Morgan fingerprint density at radius 2 is 2.04 bits per heavy atom. The van der Waals surface area contributed by atoms with Crippen molar-refractivity contribution in [2.45, 2.75) is 13.8 Å². The van der Waals surface area contributed by atoms with Crippen LogP contribution in [0.2, 0.25) is 0 Å². The van der Waals surface area contributed by atoms with Gasteiger partial charge >= 0.3 is 0 Å². The zero-order valence-corrected chi connectivity index (χ0v) is 14.2. The quantitative estimate of drug-likeness (QED) is 0.427. The van der Waals surface area contributed by atoms with Crippen LogP contribution in [0.15, 0.2) is 53.8 Å². The summed E-state index contributed by atoms with van der Waals surface area (Å²) in [4.78, 5) is 14.0. The van der Waals surface area contributed by atoms with Gasteiger partial charge in [0.25, 0.3) is 5.69 Å². The van der Waals surface area contributed by atoms with E-state index in [2.05, 4.69) is 15.5 Å². The fourth-order valence-corrected chi connectivity index (χ4v) is 2.65. The smallest absolute Gasteiger partial charge is 0.287 e. The van der Waals surface area contributed by atoms with Gasteiger partial charge in [-0.2, -0.15) is 5.10 Å². The first kappa shape index (κ1) is 17.3. The number of nitro groups is 1. The molecule has 0 bridgehead atoms. The average molecular weight is 353 g/mol. The summed E-state index contributed by atoms with van der Waals surface area (Å²) in [5.74, 6) is 0.0840. The Kier molecular flexibility index (Phi) is 4.74. The maximum atomic E-state index is 14.1. The highest BCUT2D eigenvalue weighted by molar-refractivity contribution is 5.82. The minimum absolute atomic E-state index is 0.0898. The van der Waals surface area contributed by atoms with E-state index < -0.39 is 4.92 Å². The molecule has 1 aromatic carbocycles. The van der Waals surface area contributed by atoms with Crippen LogP contribution in [0.3, 0.4) is 0 Å². The van der Waals surface area contributed by atoms with Crippen molar-refractivity contribution in [2.24, 2.45) is 5.10 Å². The van der Waals surface area contributed by atoms with E-state index in [9.17, 15) is 14.5 Å². The number of anilines is 1. The van der Waals surface area contributed by atoms with E-state index in [0.29, 0.717) is 11.5 Å². The van der Waals surface area contributed by atoms with Crippen molar-refractivity contribution in [3.8, 4) is 5.69 Å². The molecule has 3 rings (SSSR count). The Balaban J connectivity index is 1.80. The molecule has 7 nitrogen and oxygen atoms in total. The lowest BCUT2D eigenvalue weighted by atomic mass is 10.2. The van der Waals surface area contributed by atoms with Crippen LogP contribution in [0.4, 0.5) is 15.9 Å². The highest BCUT2D eigenvalue weighted by atomic mass is 19.1. The Hall–Kier alpha value is -3.55. The third-order valence-corrected chi connectivity index (χ3v) is 3.91. The van der Waals surface area contributed by atoms with Gasteiger partial charge in [0.2, 0.25) is 0 Å². The van der Waals surface area contributed by atoms with Crippen molar-refractivity contribution < 1.29 is 9.31 Å². The first-order chi connectivity index (χ1) is 12.5. The first-order valence-electron chi connectivity index (χ1n) is 7.80. The van der Waals surface area contributed by atoms with Crippen molar-refractivity contribution in [3.63, 3.8) is 0 Å². The van der Waals surface area contributed by atoms with Crippen LogP contribution in [-0.2, 0) is 0 Å². The van der Waals surface area contributed by atoms with Gasteiger partial charge in [0.1, 0.15) is 17.8 Å². The molecular formula is C18H16FN5O2. The molecule has 0 saturated carbocycles. The fraction of sp³-hybridized carbons (Fsp3) is 0.111. The van der Waals surface area contributed by atoms with E-state index in [1.54, 1.807) is 24.4 Å². The molecule has 0 aliphatic carbocycles. The topological polar surface area (TPSA) is 85.3 Å². The van der Waals surface area contributed by atoms with Crippen LogP contribution < -0.4 is 5.43 Å². The predicted molar refractivity (Wildman–Crippen MR) is 97.3 cm³/mol. The molecule has 26 heavy (non-hydrogen) atoms. The standard InChI is InChI=1S/C18H16FN5O2/c1-12-9-14(13(2)23(12)17-6-4-3-5-16(17)19)10-21-22-18-8-7-15(11-20-18)24(25)26/h3-11H,1-2H3,(H,20,22)/b21-10+. The van der Waals surface area contributed by atoms with Gasteiger partial charge in [0.05, 0.1) is 16.8 Å². The summed E-state index contributed by atoms with van der Waals surface area (Å²) < 4.78 is 15.9. The Labute approximate surface area is 149 Å². The number of benzene rings is 1. The van der Waals surface area contributed by atoms with E-state index in [-0.39, 0.29) is 11.5 Å². The molecule has 0 spiro atoms. The molecule has 0 atom stereocenters. The number of pyridine rings is 1. The van der Waals surface area contributed by atoms with Gasteiger partial charge in [-0.1, -0.05) is 12.1 Å². The lowest BCUT2D eigenvalue weighted by Gasteiger charge is -2.10. The normalized spacial score (nSPS) is 11.0. The van der Waals surface area contributed by atoms with Crippen LogP contribution in [0, 0.1) is 29.8 Å². The van der Waals surface area contributed by atoms with Gasteiger partial charge in [-0.25, -0.2) is 9.37 Å². The molecule has 0 aliphatic heterocycles. The molecular weight excluding hydrogens is 337 g/mol. The number of para-hydroxylation sites is 1. The Bertz CT molecular complexity index is 980. The number of hydrogen-bond acceptors (Lipinski definition) is 5. The second-order valence-corrected chi connectivity index (χ2v) is 5.64. The SMILES string of the molecule is Cc1cc(/C=N/Nc2ccc([N+](=O)[O-])cn2)c(C)n1-c1ccccc1F. The highest BCUT2D eigenvalue weighted by Crippen LogP contribution is 2.22. The molecule has 8 heteroatoms. The molecule has 132 valence electrons. The third-order valence-electron chi connectivity index (χ3n) is 3.91. The molecule has 2 aromatic heterocycles. The second kappa shape index (κ2) is 7.14. The number of hydrazone groups is 1. The van der Waals surface area contributed by atoms with E-state index in [1.165, 1.54) is 18.2 Å². The van der Waals surface area contributed by atoms with Crippen molar-refractivity contribution >= 4 is 17.7 Å². The summed E-state index contributed by atoms with van der Waals surface area (Å²) in [6.45, 7) is 3.77. The van der Waals surface area contributed by atoms with Gasteiger partial charge in [0.15, 0.2) is 0 Å². The second-order valence-electron chi connectivity index (χ2n) is 5.64. The molecule has 0 saturated heterocycles. The van der Waals surface area contributed by atoms with E-state index in [0.717, 1.165) is 23.1 Å². The molecule has 1 N–H and O–H groups in total. The minimum Gasteiger partial charge on any atom is -0.315 e. The zero-order chi connectivity index (χ0) is 18.7. The number of nitrogens with zero attached hydrogens (tertiary/aromatic N) is 4. The van der Waals surface area contributed by atoms with Crippen molar-refractivity contribution in [1.82, 2.24) is 9.55 Å². The van der Waals surface area contributed by atoms with Crippen molar-refractivity contribution in [3.05, 3.63) is 81.5 Å². The van der Waals surface area contributed by atoms with Gasteiger partial charge < -0.3 is 4.57 Å². The molecule has 0 unspecified atom stereocenters. The number of hydrogen-bond donors (Lipinski definition) is 1. The number of halogens is 1. The van der Waals surface area contributed by atoms with Crippen LogP contribution in [0.1, 0.15) is 17.0 Å². The average Bonchev–Trinajstić information content (AvgIpc) is 2.90. The van der Waals surface area contributed by atoms with Crippen molar-refractivity contribution in [2.75, 3.05) is 5.43 Å². The van der Waals surface area contributed by atoms with E-state index in [1.807, 2.05) is 24.5 Å². The molecule has 0 fully saturated rings. The first-order valence-corrected chi connectivity index (χ1v) is 7.80. The molecule has 0 radical (unpaired) electrons. The Morgan fingerprint density at radius 3 is 2.69 bits per heavy atom. The van der Waals surface area contributed by atoms with E-state index >= 15 is 0 Å². The van der Waals surface area contributed by atoms with Gasteiger partial charge in [-0.15, -0.1) is 0 Å². The maximum Gasteiger partial charge on any atom is 0.287 e. The summed E-state index contributed by atoms with van der Waals surface area (Å²) in [5, 5.41) is 14.7. The van der Waals surface area contributed by atoms with Gasteiger partial charge in [0, 0.05) is 23.0 Å². The Morgan fingerprint density at radius 1 is 1.27 bits per heavy atom. The van der Waals surface area contributed by atoms with Crippen molar-refractivity contribution in [1.29, 1.82) is 0 Å². The highest BCUT2D eigenvalue weighted by Gasteiger charge is 2.12. The summed E-state index contributed by atoms with van der Waals surface area (Å²) in [6, 6.07) is 11.3. The summed E-state index contributed by atoms with van der Waals surface area (Å²) >= 11 is 0. The number of rotatable bonds is 5. The molecule has 0 aliphatic rings. The summed E-state index contributed by atoms with van der Waals surface area (Å²) in [6.07, 6.45) is 2.75. The zero-order valence-electron chi connectivity index (χ0n) is 14.2. The number of aromatic nitrogens is 2. The lowest BCUT2D eigenvalue weighted by Crippen LogP contribution is -2.02. The molecule has 3 aromatic rings. The molecule has 2 heterocycles. The van der Waals surface area contributed by atoms with Crippen LogP contribution >= 0.6 is 0 Å². The number of nitrogens with one attached hydrogen (secondary N) is 1. The van der Waals surface area contributed by atoms with Crippen LogP contribution in [0.25, 0.3) is 5.69 Å². The number of aryl methyl sites for hydroxylation is 1. The van der Waals surface area contributed by atoms with Crippen LogP contribution in [0.5, 0.6) is 0 Å². The largest absolute Gasteiger partial charge is 0.315 e. The lowest BCUT2D eigenvalue weighted by molar-refractivity contribution is -0.385. The monoisotopic (exact) mass is 353 g/mol.